The first-order valence-electron chi connectivity index (χ1n) is 7.99. The summed E-state index contributed by atoms with van der Waals surface area (Å²) in [6.07, 6.45) is -2.81. The molecule has 0 aromatic rings. The van der Waals surface area contributed by atoms with Gasteiger partial charge in [0, 0.05) is 20.3 Å². The van der Waals surface area contributed by atoms with Crippen LogP contribution in [0.3, 0.4) is 0 Å². The van der Waals surface area contributed by atoms with Crippen LogP contribution in [-0.4, -0.2) is 95.3 Å². The molecule has 0 aromatic heterocycles. The van der Waals surface area contributed by atoms with Gasteiger partial charge < -0.3 is 38.6 Å². The van der Waals surface area contributed by atoms with Crippen molar-refractivity contribution in [2.75, 3.05) is 66.6 Å². The van der Waals surface area contributed by atoms with Crippen LogP contribution in [-0.2, 0) is 28.4 Å². The minimum atomic E-state index is -1.11. The van der Waals surface area contributed by atoms with Crippen molar-refractivity contribution in [1.82, 2.24) is 0 Å². The molecule has 0 spiro atoms. The molecular weight excluding hydrogens is 308 g/mol. The molecule has 0 aliphatic heterocycles. The molecule has 0 saturated carbocycles. The first kappa shape index (κ1) is 22.7. The Bertz CT molecular complexity index is 242. The van der Waals surface area contributed by atoms with Crippen LogP contribution in [0.4, 0.5) is 0 Å². The van der Waals surface area contributed by atoms with Gasteiger partial charge in [-0.15, -0.1) is 0 Å². The van der Waals surface area contributed by atoms with Crippen molar-refractivity contribution in [1.29, 1.82) is 0 Å². The van der Waals surface area contributed by atoms with E-state index >= 15 is 0 Å². The highest BCUT2D eigenvalue weighted by Gasteiger charge is 2.29. The quantitative estimate of drug-likeness (QED) is 0.278. The lowest BCUT2D eigenvalue weighted by atomic mass is 10.2. The van der Waals surface area contributed by atoms with E-state index in [1.54, 1.807) is 14.0 Å². The SMILES string of the molecule is CCOCCOC(OCC)C(O)C(CO)OCCOCCOC. The lowest BCUT2D eigenvalue weighted by Gasteiger charge is -2.28. The molecule has 0 bridgehead atoms. The van der Waals surface area contributed by atoms with Gasteiger partial charge in [0.05, 0.1) is 46.2 Å². The van der Waals surface area contributed by atoms with E-state index in [1.165, 1.54) is 0 Å². The predicted octanol–water partition coefficient (Wildman–Crippen LogP) is -0.196. The molecule has 8 heteroatoms. The van der Waals surface area contributed by atoms with Gasteiger partial charge in [0.25, 0.3) is 0 Å². The second-order valence-corrected chi connectivity index (χ2v) is 4.58. The Balaban J connectivity index is 4.12. The molecule has 3 atom stereocenters. The number of ether oxygens (including phenoxy) is 6. The fourth-order valence-corrected chi connectivity index (χ4v) is 1.71. The lowest BCUT2D eigenvalue weighted by molar-refractivity contribution is -0.228. The normalized spacial score (nSPS) is 15.5. The van der Waals surface area contributed by atoms with Gasteiger partial charge in [-0.2, -0.15) is 0 Å². The average Bonchev–Trinajstić information content (AvgIpc) is 2.56. The van der Waals surface area contributed by atoms with E-state index < -0.39 is 18.5 Å². The van der Waals surface area contributed by atoms with Crippen LogP contribution in [0.25, 0.3) is 0 Å². The fourth-order valence-electron chi connectivity index (χ4n) is 1.71. The van der Waals surface area contributed by atoms with Crippen molar-refractivity contribution in [3.8, 4) is 0 Å². The minimum absolute atomic E-state index is 0.240. The van der Waals surface area contributed by atoms with E-state index in [0.29, 0.717) is 39.6 Å². The number of aliphatic hydroxyl groups is 2. The van der Waals surface area contributed by atoms with Crippen LogP contribution < -0.4 is 0 Å². The van der Waals surface area contributed by atoms with Crippen LogP contribution in [0.15, 0.2) is 0 Å². The van der Waals surface area contributed by atoms with Crippen LogP contribution >= 0.6 is 0 Å². The molecule has 0 rings (SSSR count). The summed E-state index contributed by atoms with van der Waals surface area (Å²) in [7, 11) is 1.59. The summed E-state index contributed by atoms with van der Waals surface area (Å²) in [6, 6.07) is 0. The second kappa shape index (κ2) is 16.5. The predicted molar refractivity (Wildman–Crippen MR) is 83.4 cm³/mol. The monoisotopic (exact) mass is 340 g/mol. The first-order chi connectivity index (χ1) is 11.2. The van der Waals surface area contributed by atoms with Gasteiger partial charge in [0.1, 0.15) is 12.2 Å². The number of hydrogen-bond acceptors (Lipinski definition) is 8. The second-order valence-electron chi connectivity index (χ2n) is 4.58. The van der Waals surface area contributed by atoms with Crippen molar-refractivity contribution < 1.29 is 38.6 Å². The third kappa shape index (κ3) is 11.8. The summed E-state index contributed by atoms with van der Waals surface area (Å²) in [4.78, 5) is 0. The summed E-state index contributed by atoms with van der Waals surface area (Å²) >= 11 is 0. The van der Waals surface area contributed by atoms with Crippen molar-refractivity contribution in [3.05, 3.63) is 0 Å². The minimum Gasteiger partial charge on any atom is -0.394 e. The van der Waals surface area contributed by atoms with Gasteiger partial charge in [-0.3, -0.25) is 0 Å². The smallest absolute Gasteiger partial charge is 0.186 e. The molecule has 0 amide bonds. The third-order valence-corrected chi connectivity index (χ3v) is 2.88. The Morgan fingerprint density at radius 3 is 2.04 bits per heavy atom. The fraction of sp³-hybridized carbons (Fsp3) is 1.00. The zero-order valence-electron chi connectivity index (χ0n) is 14.4. The van der Waals surface area contributed by atoms with Crippen molar-refractivity contribution in [2.45, 2.75) is 32.3 Å². The molecule has 0 radical (unpaired) electrons. The van der Waals surface area contributed by atoms with Crippen molar-refractivity contribution in [2.24, 2.45) is 0 Å². The largest absolute Gasteiger partial charge is 0.394 e. The van der Waals surface area contributed by atoms with Gasteiger partial charge in [-0.25, -0.2) is 0 Å². The highest BCUT2D eigenvalue weighted by atomic mass is 16.7. The van der Waals surface area contributed by atoms with Crippen LogP contribution in [0, 0.1) is 0 Å². The highest BCUT2D eigenvalue weighted by Crippen LogP contribution is 2.10. The summed E-state index contributed by atoms with van der Waals surface area (Å²) in [5.41, 5.74) is 0. The Hall–Kier alpha value is -0.320. The topological polar surface area (TPSA) is 95.8 Å². The number of hydrogen-bond donors (Lipinski definition) is 2. The van der Waals surface area contributed by atoms with E-state index in [9.17, 15) is 10.2 Å². The molecule has 0 heterocycles. The Morgan fingerprint density at radius 1 is 0.783 bits per heavy atom. The molecule has 0 aliphatic rings. The van der Waals surface area contributed by atoms with Gasteiger partial charge >= 0.3 is 0 Å². The standard InChI is InChI=1S/C15H32O8/c1-4-19-8-11-23-15(21-5-2)14(17)13(12-16)22-10-9-20-7-6-18-3/h13-17H,4-12H2,1-3H3. The molecule has 23 heavy (non-hydrogen) atoms. The van der Waals surface area contributed by atoms with Crippen molar-refractivity contribution in [3.63, 3.8) is 0 Å². The third-order valence-electron chi connectivity index (χ3n) is 2.88. The van der Waals surface area contributed by atoms with Crippen LogP contribution in [0.1, 0.15) is 13.8 Å². The zero-order chi connectivity index (χ0) is 17.3. The number of aliphatic hydroxyl groups excluding tert-OH is 2. The molecule has 0 saturated heterocycles. The van der Waals surface area contributed by atoms with E-state index in [4.69, 9.17) is 28.4 Å². The maximum absolute atomic E-state index is 10.3. The molecule has 0 fully saturated rings. The lowest BCUT2D eigenvalue weighted by Crippen LogP contribution is -2.45. The van der Waals surface area contributed by atoms with Gasteiger partial charge in [0.15, 0.2) is 6.29 Å². The van der Waals surface area contributed by atoms with Gasteiger partial charge in [0.2, 0.25) is 0 Å². The van der Waals surface area contributed by atoms with E-state index in [1.807, 2.05) is 6.92 Å². The summed E-state index contributed by atoms with van der Waals surface area (Å²) in [5.74, 6) is 0. The Labute approximate surface area is 138 Å². The summed E-state index contributed by atoms with van der Waals surface area (Å²) in [6.45, 7) is 6.55. The van der Waals surface area contributed by atoms with Gasteiger partial charge in [-0.1, -0.05) is 0 Å². The molecule has 0 aliphatic carbocycles. The first-order valence-corrected chi connectivity index (χ1v) is 7.99. The van der Waals surface area contributed by atoms with E-state index in [2.05, 4.69) is 0 Å². The van der Waals surface area contributed by atoms with Crippen LogP contribution in [0.2, 0.25) is 0 Å². The Morgan fingerprint density at radius 2 is 1.43 bits per heavy atom. The zero-order valence-corrected chi connectivity index (χ0v) is 14.4. The maximum atomic E-state index is 10.3. The number of rotatable bonds is 17. The number of methoxy groups -OCH3 is 1. The van der Waals surface area contributed by atoms with Crippen LogP contribution in [0.5, 0.6) is 0 Å². The molecule has 8 nitrogen and oxygen atoms in total. The Kier molecular flexibility index (Phi) is 16.3. The van der Waals surface area contributed by atoms with E-state index in [0.717, 1.165) is 0 Å². The van der Waals surface area contributed by atoms with Gasteiger partial charge in [-0.05, 0) is 13.8 Å². The van der Waals surface area contributed by atoms with E-state index in [-0.39, 0.29) is 19.8 Å². The molecule has 0 aromatic carbocycles. The molecular formula is C15H32O8. The summed E-state index contributed by atoms with van der Waals surface area (Å²) < 4.78 is 31.5. The summed E-state index contributed by atoms with van der Waals surface area (Å²) in [5, 5.41) is 19.6. The molecule has 3 unspecified atom stereocenters. The molecule has 140 valence electrons. The average molecular weight is 340 g/mol. The molecule has 2 N–H and O–H groups in total. The maximum Gasteiger partial charge on any atom is 0.186 e. The highest BCUT2D eigenvalue weighted by molar-refractivity contribution is 4.72. The van der Waals surface area contributed by atoms with Crippen molar-refractivity contribution >= 4 is 0 Å².